The monoisotopic (exact) mass is 418 g/mol. The van der Waals surface area contributed by atoms with Gasteiger partial charge in [0.2, 0.25) is 0 Å². The second-order valence-corrected chi connectivity index (χ2v) is 7.37. The molecule has 0 aliphatic carbocycles. The van der Waals surface area contributed by atoms with Crippen molar-refractivity contribution >= 4 is 16.8 Å². The van der Waals surface area contributed by atoms with Crippen molar-refractivity contribution in [1.82, 2.24) is 19.7 Å². The smallest absolute Gasteiger partial charge is 0.200 e. The number of pyridine rings is 1. The Hall–Kier alpha value is -3.65. The summed E-state index contributed by atoms with van der Waals surface area (Å²) in [6, 6.07) is 13.1. The molecule has 1 fully saturated rings. The van der Waals surface area contributed by atoms with Crippen molar-refractivity contribution in [1.29, 1.82) is 0 Å². The first kappa shape index (κ1) is 19.3. The van der Waals surface area contributed by atoms with Crippen LogP contribution in [0.25, 0.3) is 22.3 Å². The largest absolute Gasteiger partial charge is 0.493 e. The number of ether oxygens (including phenoxy) is 3. The molecule has 0 radical (unpaired) electrons. The molecule has 0 bridgehead atoms. The molecule has 1 unspecified atom stereocenters. The third-order valence-corrected chi connectivity index (χ3v) is 5.24. The van der Waals surface area contributed by atoms with Crippen LogP contribution >= 0.6 is 0 Å². The van der Waals surface area contributed by atoms with E-state index in [1.54, 1.807) is 24.2 Å². The first-order valence-corrected chi connectivity index (χ1v) is 10.2. The second-order valence-electron chi connectivity index (χ2n) is 7.37. The summed E-state index contributed by atoms with van der Waals surface area (Å²) in [5, 5.41) is 5.47. The molecule has 0 amide bonds. The number of rotatable bonds is 7. The van der Waals surface area contributed by atoms with E-state index < -0.39 is 0 Å². The van der Waals surface area contributed by atoms with E-state index in [-0.39, 0.29) is 18.6 Å². The first-order valence-electron chi connectivity index (χ1n) is 10.2. The average Bonchev–Trinajstić information content (AvgIpc) is 3.54. The highest BCUT2D eigenvalue weighted by Crippen LogP contribution is 2.34. The number of carbonyl (C=O) groups is 1. The van der Waals surface area contributed by atoms with E-state index >= 15 is 0 Å². The first-order chi connectivity index (χ1) is 15.2. The van der Waals surface area contributed by atoms with Crippen LogP contribution in [0.15, 0.2) is 54.9 Å². The lowest BCUT2D eigenvalue weighted by Gasteiger charge is -2.16. The van der Waals surface area contributed by atoms with Crippen molar-refractivity contribution in [3.8, 4) is 22.8 Å². The Morgan fingerprint density at radius 3 is 3.00 bits per heavy atom. The third kappa shape index (κ3) is 4.02. The van der Waals surface area contributed by atoms with Crippen LogP contribution in [0.4, 0.5) is 0 Å². The summed E-state index contributed by atoms with van der Waals surface area (Å²) in [7, 11) is 1.61. The van der Waals surface area contributed by atoms with Gasteiger partial charge in [-0.05, 0) is 48.9 Å². The molecule has 0 spiro atoms. The fourth-order valence-electron chi connectivity index (χ4n) is 3.65. The molecule has 3 aromatic heterocycles. The third-order valence-electron chi connectivity index (χ3n) is 5.24. The molecule has 158 valence electrons. The minimum absolute atomic E-state index is 0.0650. The molecule has 1 N–H and O–H groups in total. The second kappa shape index (κ2) is 8.23. The van der Waals surface area contributed by atoms with Crippen LogP contribution in [-0.4, -0.2) is 45.5 Å². The minimum atomic E-state index is -0.259. The number of hydrogen-bond donors (Lipinski definition) is 1. The molecule has 1 aliphatic rings. The van der Waals surface area contributed by atoms with Crippen LogP contribution in [0.5, 0.6) is 11.5 Å². The number of H-pyrrole nitrogens is 1. The summed E-state index contributed by atoms with van der Waals surface area (Å²) in [6.07, 6.45) is 5.06. The standard InChI is InChI=1S/C23H22N4O4/c1-29-20-7-6-15(13-21(20)31-22-5-3-11-30-22)17-8-10-27(26-17)14-19(28)18-12-16-4-2-9-24-23(16)25-18/h2,4,6-10,12-13,22H,3,5,11,14H2,1H3,(H,24,25). The Morgan fingerprint density at radius 2 is 2.19 bits per heavy atom. The van der Waals surface area contributed by atoms with E-state index in [1.165, 1.54) is 0 Å². The van der Waals surface area contributed by atoms with E-state index in [0.717, 1.165) is 29.5 Å². The van der Waals surface area contributed by atoms with E-state index in [9.17, 15) is 4.79 Å². The number of fused-ring (bicyclic) bond motifs is 1. The van der Waals surface area contributed by atoms with Crippen molar-refractivity contribution in [2.24, 2.45) is 0 Å². The number of nitrogens with one attached hydrogen (secondary N) is 1. The van der Waals surface area contributed by atoms with Gasteiger partial charge in [-0.1, -0.05) is 0 Å². The Kier molecular flexibility index (Phi) is 5.13. The Bertz CT molecular complexity index is 1190. The van der Waals surface area contributed by atoms with Gasteiger partial charge in [-0.3, -0.25) is 9.48 Å². The summed E-state index contributed by atoms with van der Waals surface area (Å²) < 4.78 is 18.6. The number of aromatic nitrogens is 4. The summed E-state index contributed by atoms with van der Waals surface area (Å²) >= 11 is 0. The van der Waals surface area contributed by atoms with E-state index in [1.807, 2.05) is 42.5 Å². The van der Waals surface area contributed by atoms with Crippen molar-refractivity contribution in [3.05, 3.63) is 60.6 Å². The number of benzene rings is 1. The molecule has 1 aliphatic heterocycles. The van der Waals surface area contributed by atoms with Gasteiger partial charge >= 0.3 is 0 Å². The molecule has 8 heteroatoms. The fourth-order valence-corrected chi connectivity index (χ4v) is 3.65. The van der Waals surface area contributed by atoms with Crippen LogP contribution in [0.1, 0.15) is 23.3 Å². The lowest BCUT2D eigenvalue weighted by molar-refractivity contribution is -0.0402. The molecule has 4 aromatic rings. The van der Waals surface area contributed by atoms with Gasteiger partial charge in [-0.25, -0.2) is 4.98 Å². The number of carbonyl (C=O) groups excluding carboxylic acids is 1. The average molecular weight is 418 g/mol. The Labute approximate surface area is 178 Å². The lowest BCUT2D eigenvalue weighted by atomic mass is 10.1. The van der Waals surface area contributed by atoms with Gasteiger partial charge in [0.25, 0.3) is 0 Å². The molecule has 0 saturated carbocycles. The zero-order valence-electron chi connectivity index (χ0n) is 17.1. The predicted octanol–water partition coefficient (Wildman–Crippen LogP) is 3.83. The normalized spacial score (nSPS) is 16.0. The van der Waals surface area contributed by atoms with E-state index in [4.69, 9.17) is 14.2 Å². The highest BCUT2D eigenvalue weighted by atomic mass is 16.7. The highest BCUT2D eigenvalue weighted by molar-refractivity contribution is 5.98. The number of ketones is 1. The van der Waals surface area contributed by atoms with Gasteiger partial charge < -0.3 is 19.2 Å². The number of nitrogens with zero attached hydrogens (tertiary/aromatic N) is 3. The summed E-state index contributed by atoms with van der Waals surface area (Å²) in [6.45, 7) is 0.833. The Balaban J connectivity index is 1.34. The molecule has 8 nitrogen and oxygen atoms in total. The van der Waals surface area contributed by atoms with E-state index in [2.05, 4.69) is 15.1 Å². The quantitative estimate of drug-likeness (QED) is 0.459. The highest BCUT2D eigenvalue weighted by Gasteiger charge is 2.20. The molecular formula is C23H22N4O4. The van der Waals surface area contributed by atoms with Gasteiger partial charge in [0.05, 0.1) is 25.1 Å². The van der Waals surface area contributed by atoms with E-state index in [0.29, 0.717) is 29.4 Å². The zero-order valence-corrected chi connectivity index (χ0v) is 17.1. The van der Waals surface area contributed by atoms with Crippen molar-refractivity contribution in [2.45, 2.75) is 25.7 Å². The fraction of sp³-hybridized carbons (Fsp3) is 0.261. The van der Waals surface area contributed by atoms with Gasteiger partial charge in [-0.2, -0.15) is 5.10 Å². The number of hydrogen-bond acceptors (Lipinski definition) is 6. The lowest BCUT2D eigenvalue weighted by Crippen LogP contribution is -2.14. The summed E-state index contributed by atoms with van der Waals surface area (Å²) in [5.74, 6) is 1.19. The zero-order chi connectivity index (χ0) is 21.2. The maximum absolute atomic E-state index is 12.7. The predicted molar refractivity (Wildman–Crippen MR) is 114 cm³/mol. The molecular weight excluding hydrogens is 396 g/mol. The van der Waals surface area contributed by atoms with Gasteiger partial charge in [0, 0.05) is 29.8 Å². The molecule has 1 saturated heterocycles. The molecule has 31 heavy (non-hydrogen) atoms. The van der Waals surface area contributed by atoms with Gasteiger partial charge in [-0.15, -0.1) is 0 Å². The topological polar surface area (TPSA) is 91.3 Å². The number of aromatic amines is 1. The van der Waals surface area contributed by atoms with Crippen LogP contribution in [0, 0.1) is 0 Å². The van der Waals surface area contributed by atoms with Crippen LogP contribution in [0.2, 0.25) is 0 Å². The minimum Gasteiger partial charge on any atom is -0.493 e. The Morgan fingerprint density at radius 1 is 1.26 bits per heavy atom. The number of methoxy groups -OCH3 is 1. The summed E-state index contributed by atoms with van der Waals surface area (Å²) in [5.41, 5.74) is 2.83. The number of Topliss-reactive ketones (excluding diaryl/α,β-unsaturated/α-hetero) is 1. The molecule has 1 atom stereocenters. The van der Waals surface area contributed by atoms with Crippen molar-refractivity contribution in [3.63, 3.8) is 0 Å². The van der Waals surface area contributed by atoms with Gasteiger partial charge in [0.15, 0.2) is 23.6 Å². The van der Waals surface area contributed by atoms with Crippen LogP contribution in [0.3, 0.4) is 0 Å². The van der Waals surface area contributed by atoms with Crippen LogP contribution < -0.4 is 9.47 Å². The molecule has 5 rings (SSSR count). The van der Waals surface area contributed by atoms with Gasteiger partial charge in [0.1, 0.15) is 12.2 Å². The van der Waals surface area contributed by atoms with Crippen LogP contribution in [-0.2, 0) is 11.3 Å². The molecule has 1 aromatic carbocycles. The van der Waals surface area contributed by atoms with Crippen molar-refractivity contribution < 1.29 is 19.0 Å². The summed E-state index contributed by atoms with van der Waals surface area (Å²) in [4.78, 5) is 20.0. The maximum Gasteiger partial charge on any atom is 0.200 e. The maximum atomic E-state index is 12.7. The molecule has 4 heterocycles. The SMILES string of the molecule is COc1ccc(-c2ccn(CC(=O)c3cc4cccnc4[nH]3)n2)cc1OC1CCCO1. The van der Waals surface area contributed by atoms with Crippen molar-refractivity contribution in [2.75, 3.05) is 13.7 Å².